The van der Waals surface area contributed by atoms with Gasteiger partial charge in [0.1, 0.15) is 5.75 Å². The zero-order valence-electron chi connectivity index (χ0n) is 7.48. The summed E-state index contributed by atoms with van der Waals surface area (Å²) in [7, 11) is 0. The summed E-state index contributed by atoms with van der Waals surface area (Å²) in [6, 6.07) is 2.89. The summed E-state index contributed by atoms with van der Waals surface area (Å²) < 4.78 is 0. The molecular formula is C8H8Cl2N4O. The Morgan fingerprint density at radius 1 is 1.33 bits per heavy atom. The molecule has 7 heteroatoms. The average Bonchev–Trinajstić information content (AvgIpc) is 2.12. The van der Waals surface area contributed by atoms with Gasteiger partial charge in [0.2, 0.25) is 5.96 Å². The number of halogens is 2. The number of nitrogens with two attached hydrogens (primary N) is 2. The fourth-order valence-electron chi connectivity index (χ4n) is 0.842. The lowest BCUT2D eigenvalue weighted by Crippen LogP contribution is -2.21. The fourth-order valence-corrected chi connectivity index (χ4v) is 1.35. The Morgan fingerprint density at radius 3 is 2.60 bits per heavy atom. The smallest absolute Gasteiger partial charge is 0.211 e. The molecule has 1 aromatic carbocycles. The summed E-state index contributed by atoms with van der Waals surface area (Å²) in [6.07, 6.45) is 1.24. The van der Waals surface area contributed by atoms with Crippen LogP contribution in [0.3, 0.4) is 0 Å². The summed E-state index contributed by atoms with van der Waals surface area (Å²) >= 11 is 11.4. The lowest BCUT2D eigenvalue weighted by Gasteiger charge is -2.01. The number of guanidine groups is 1. The van der Waals surface area contributed by atoms with Gasteiger partial charge in [0.25, 0.3) is 0 Å². The summed E-state index contributed by atoms with van der Waals surface area (Å²) in [5.74, 6) is -0.311. The molecule has 0 atom stereocenters. The van der Waals surface area contributed by atoms with E-state index >= 15 is 0 Å². The molecule has 0 aliphatic heterocycles. The third-order valence-electron chi connectivity index (χ3n) is 1.43. The van der Waals surface area contributed by atoms with Crippen LogP contribution in [0.1, 0.15) is 5.56 Å². The van der Waals surface area contributed by atoms with Gasteiger partial charge in [-0.25, -0.2) is 0 Å². The Kier molecular flexibility index (Phi) is 3.76. The van der Waals surface area contributed by atoms with Gasteiger partial charge in [0.05, 0.1) is 11.2 Å². The molecule has 0 aliphatic carbocycles. The van der Waals surface area contributed by atoms with Gasteiger partial charge in [-0.05, 0) is 12.1 Å². The van der Waals surface area contributed by atoms with E-state index in [0.29, 0.717) is 10.6 Å². The first-order valence-corrected chi connectivity index (χ1v) is 4.56. The van der Waals surface area contributed by atoms with Gasteiger partial charge < -0.3 is 16.6 Å². The molecule has 80 valence electrons. The molecule has 5 N–H and O–H groups in total. The minimum absolute atomic E-state index is 0.129. The predicted octanol–water partition coefficient (Wildman–Crippen LogP) is 1.31. The van der Waals surface area contributed by atoms with Crippen LogP contribution in [0, 0.1) is 0 Å². The first kappa shape index (κ1) is 11.6. The summed E-state index contributed by atoms with van der Waals surface area (Å²) in [5.41, 5.74) is 10.4. The first-order valence-electron chi connectivity index (χ1n) is 3.80. The van der Waals surface area contributed by atoms with Crippen LogP contribution in [-0.4, -0.2) is 17.3 Å². The van der Waals surface area contributed by atoms with Crippen LogP contribution in [0.25, 0.3) is 0 Å². The van der Waals surface area contributed by atoms with Crippen LogP contribution in [0.5, 0.6) is 5.75 Å². The second kappa shape index (κ2) is 4.86. The van der Waals surface area contributed by atoms with Crippen LogP contribution in [0.4, 0.5) is 0 Å². The zero-order chi connectivity index (χ0) is 11.4. The number of hydrogen-bond acceptors (Lipinski definition) is 3. The van der Waals surface area contributed by atoms with Gasteiger partial charge in [-0.3, -0.25) is 0 Å². The standard InChI is InChI=1S/C8H8Cl2N4O/c9-5-1-4(3-13-14-8(11)12)7(15)6(10)2-5/h1-3,15H,(H4,11,12,14)/b13-3-. The molecule has 1 rings (SSSR count). The lowest BCUT2D eigenvalue weighted by molar-refractivity contribution is 0.474. The van der Waals surface area contributed by atoms with Gasteiger partial charge in [0.15, 0.2) is 0 Å². The number of rotatable bonds is 2. The van der Waals surface area contributed by atoms with E-state index in [1.165, 1.54) is 18.3 Å². The van der Waals surface area contributed by atoms with Crippen molar-refractivity contribution in [2.24, 2.45) is 21.7 Å². The van der Waals surface area contributed by atoms with E-state index in [4.69, 9.17) is 34.7 Å². The molecule has 0 aliphatic rings. The van der Waals surface area contributed by atoms with Crippen molar-refractivity contribution in [3.8, 4) is 5.75 Å². The Balaban J connectivity index is 3.05. The summed E-state index contributed by atoms with van der Waals surface area (Å²) in [6.45, 7) is 0. The minimum Gasteiger partial charge on any atom is -0.506 e. The van der Waals surface area contributed by atoms with E-state index in [2.05, 4.69) is 10.2 Å². The van der Waals surface area contributed by atoms with Crippen LogP contribution in [-0.2, 0) is 0 Å². The fraction of sp³-hybridized carbons (Fsp3) is 0. The lowest BCUT2D eigenvalue weighted by atomic mass is 10.2. The van der Waals surface area contributed by atoms with E-state index in [-0.39, 0.29) is 16.7 Å². The van der Waals surface area contributed by atoms with Gasteiger partial charge in [-0.15, -0.1) is 5.10 Å². The Hall–Kier alpha value is -1.46. The van der Waals surface area contributed by atoms with Crippen molar-refractivity contribution in [2.45, 2.75) is 0 Å². The van der Waals surface area contributed by atoms with Crippen LogP contribution < -0.4 is 11.5 Å². The van der Waals surface area contributed by atoms with Crippen molar-refractivity contribution in [3.05, 3.63) is 27.7 Å². The molecule has 0 fully saturated rings. The van der Waals surface area contributed by atoms with E-state index < -0.39 is 0 Å². The van der Waals surface area contributed by atoms with Crippen molar-refractivity contribution in [1.82, 2.24) is 0 Å². The van der Waals surface area contributed by atoms with Crippen LogP contribution in [0.15, 0.2) is 22.3 Å². The third-order valence-corrected chi connectivity index (χ3v) is 1.93. The van der Waals surface area contributed by atoms with Gasteiger partial charge in [0, 0.05) is 10.6 Å². The second-order valence-electron chi connectivity index (χ2n) is 2.59. The molecule has 15 heavy (non-hydrogen) atoms. The van der Waals surface area contributed by atoms with Gasteiger partial charge in [-0.1, -0.05) is 23.2 Å². The van der Waals surface area contributed by atoms with Gasteiger partial charge >= 0.3 is 0 Å². The highest BCUT2D eigenvalue weighted by Gasteiger charge is 2.05. The molecule has 0 saturated carbocycles. The third kappa shape index (κ3) is 3.30. The highest BCUT2D eigenvalue weighted by molar-refractivity contribution is 6.36. The number of aromatic hydroxyl groups is 1. The number of phenolic OH excluding ortho intramolecular Hbond substituents is 1. The van der Waals surface area contributed by atoms with Crippen molar-refractivity contribution >= 4 is 35.4 Å². The number of phenols is 1. The SMILES string of the molecule is NC(N)=N/N=C\c1cc(Cl)cc(Cl)c1O. The maximum atomic E-state index is 9.49. The van der Waals surface area contributed by atoms with E-state index in [9.17, 15) is 5.11 Å². The first-order chi connectivity index (χ1) is 7.00. The van der Waals surface area contributed by atoms with Crippen molar-refractivity contribution in [2.75, 3.05) is 0 Å². The largest absolute Gasteiger partial charge is 0.506 e. The molecule has 0 bridgehead atoms. The maximum absolute atomic E-state index is 9.49. The Bertz CT molecular complexity index is 427. The van der Waals surface area contributed by atoms with E-state index in [1.807, 2.05) is 0 Å². The molecule has 0 amide bonds. The van der Waals surface area contributed by atoms with E-state index in [0.717, 1.165) is 0 Å². The monoisotopic (exact) mass is 246 g/mol. The highest BCUT2D eigenvalue weighted by Crippen LogP contribution is 2.29. The van der Waals surface area contributed by atoms with Gasteiger partial charge in [-0.2, -0.15) is 5.10 Å². The maximum Gasteiger partial charge on any atom is 0.211 e. The highest BCUT2D eigenvalue weighted by atomic mass is 35.5. The quantitative estimate of drug-likeness (QED) is 0.417. The summed E-state index contributed by atoms with van der Waals surface area (Å²) in [5, 5.41) is 16.9. The molecule has 0 spiro atoms. The van der Waals surface area contributed by atoms with Crippen LogP contribution in [0.2, 0.25) is 10.0 Å². The molecule has 0 aromatic heterocycles. The molecule has 0 heterocycles. The number of benzene rings is 1. The number of hydrogen-bond donors (Lipinski definition) is 3. The number of nitrogens with zero attached hydrogens (tertiary/aromatic N) is 2. The van der Waals surface area contributed by atoms with Crippen molar-refractivity contribution in [3.63, 3.8) is 0 Å². The van der Waals surface area contributed by atoms with E-state index in [1.54, 1.807) is 0 Å². The average molecular weight is 247 g/mol. The Morgan fingerprint density at radius 2 is 2.00 bits per heavy atom. The summed E-state index contributed by atoms with van der Waals surface area (Å²) in [4.78, 5) is 0. The molecule has 0 radical (unpaired) electrons. The molecule has 1 aromatic rings. The van der Waals surface area contributed by atoms with Crippen molar-refractivity contribution in [1.29, 1.82) is 0 Å². The Labute approximate surface area is 96.0 Å². The van der Waals surface area contributed by atoms with Crippen molar-refractivity contribution < 1.29 is 5.11 Å². The molecule has 0 saturated heterocycles. The zero-order valence-corrected chi connectivity index (χ0v) is 9.00. The molecular weight excluding hydrogens is 239 g/mol. The minimum atomic E-state index is -0.182. The second-order valence-corrected chi connectivity index (χ2v) is 3.44. The molecule has 5 nitrogen and oxygen atoms in total. The molecule has 0 unspecified atom stereocenters. The topological polar surface area (TPSA) is 97.0 Å². The van der Waals surface area contributed by atoms with Crippen LogP contribution >= 0.6 is 23.2 Å². The normalized spacial score (nSPS) is 10.5. The predicted molar refractivity (Wildman–Crippen MR) is 61.5 cm³/mol.